The highest BCUT2D eigenvalue weighted by Gasteiger charge is 2.25. The molecule has 0 saturated heterocycles. The fourth-order valence-corrected chi connectivity index (χ4v) is 1.50. The third kappa shape index (κ3) is 1.39. The smallest absolute Gasteiger partial charge is 0.315 e. The highest BCUT2D eigenvalue weighted by molar-refractivity contribution is 8.02. The predicted molar refractivity (Wildman–Crippen MR) is 37.7 cm³/mol. The van der Waals surface area contributed by atoms with E-state index in [1.165, 1.54) is 17.8 Å². The van der Waals surface area contributed by atoms with Crippen molar-refractivity contribution in [2.75, 3.05) is 5.75 Å². The quantitative estimate of drug-likeness (QED) is 0.565. The standard InChI is InChI=1S/C6H6O3S/c7-5-1-2-10-3-4(5)6(8)9/h1-2,4H,3H2,(H,8,9). The first-order valence-electron chi connectivity index (χ1n) is 2.76. The van der Waals surface area contributed by atoms with Crippen molar-refractivity contribution in [1.82, 2.24) is 0 Å². The maximum Gasteiger partial charge on any atom is 0.315 e. The Morgan fingerprint density at radius 3 is 2.90 bits per heavy atom. The molecule has 0 aliphatic carbocycles. The van der Waals surface area contributed by atoms with E-state index < -0.39 is 11.9 Å². The molecule has 0 aromatic heterocycles. The van der Waals surface area contributed by atoms with Gasteiger partial charge in [0.25, 0.3) is 0 Å². The van der Waals surface area contributed by atoms with Crippen molar-refractivity contribution in [3.05, 3.63) is 11.5 Å². The fourth-order valence-electron chi connectivity index (χ4n) is 0.658. The van der Waals surface area contributed by atoms with Gasteiger partial charge in [0.05, 0.1) is 0 Å². The Hall–Kier alpha value is -0.770. The van der Waals surface area contributed by atoms with Crippen LogP contribution in [0, 0.1) is 5.92 Å². The van der Waals surface area contributed by atoms with Crippen molar-refractivity contribution < 1.29 is 14.7 Å². The molecule has 0 amide bonds. The molecule has 1 unspecified atom stereocenters. The molecule has 1 aliphatic heterocycles. The zero-order valence-corrected chi connectivity index (χ0v) is 5.93. The lowest BCUT2D eigenvalue weighted by Crippen LogP contribution is -2.25. The molecule has 0 aromatic rings. The van der Waals surface area contributed by atoms with Gasteiger partial charge < -0.3 is 5.11 Å². The van der Waals surface area contributed by atoms with E-state index >= 15 is 0 Å². The number of aliphatic carboxylic acids is 1. The van der Waals surface area contributed by atoms with Crippen molar-refractivity contribution in [2.45, 2.75) is 0 Å². The molecule has 1 heterocycles. The second kappa shape index (κ2) is 2.88. The van der Waals surface area contributed by atoms with Crippen LogP contribution < -0.4 is 0 Å². The van der Waals surface area contributed by atoms with Gasteiger partial charge in [0.2, 0.25) is 0 Å². The van der Waals surface area contributed by atoms with Crippen LogP contribution in [-0.4, -0.2) is 22.6 Å². The van der Waals surface area contributed by atoms with E-state index in [9.17, 15) is 9.59 Å². The van der Waals surface area contributed by atoms with Gasteiger partial charge in [0.1, 0.15) is 5.92 Å². The Morgan fingerprint density at radius 1 is 1.80 bits per heavy atom. The van der Waals surface area contributed by atoms with Crippen LogP contribution in [-0.2, 0) is 9.59 Å². The lowest BCUT2D eigenvalue weighted by Gasteiger charge is -2.09. The second-order valence-electron chi connectivity index (χ2n) is 1.93. The number of hydrogen-bond acceptors (Lipinski definition) is 3. The highest BCUT2D eigenvalue weighted by Crippen LogP contribution is 2.17. The number of carbonyl (C=O) groups excluding carboxylic acids is 1. The molecule has 0 bridgehead atoms. The van der Waals surface area contributed by atoms with Crippen LogP contribution >= 0.6 is 11.8 Å². The molecule has 0 spiro atoms. The summed E-state index contributed by atoms with van der Waals surface area (Å²) in [5, 5.41) is 10.1. The predicted octanol–water partition coefficient (Wildman–Crippen LogP) is 0.517. The van der Waals surface area contributed by atoms with Gasteiger partial charge in [0.15, 0.2) is 5.78 Å². The monoisotopic (exact) mass is 158 g/mol. The fraction of sp³-hybridized carbons (Fsp3) is 0.333. The van der Waals surface area contributed by atoms with E-state index in [4.69, 9.17) is 5.11 Å². The molecule has 1 N–H and O–H groups in total. The van der Waals surface area contributed by atoms with Crippen molar-refractivity contribution in [1.29, 1.82) is 0 Å². The molecule has 0 fully saturated rings. The first kappa shape index (κ1) is 7.34. The summed E-state index contributed by atoms with van der Waals surface area (Å²) in [6, 6.07) is 0. The van der Waals surface area contributed by atoms with Crippen LogP contribution in [0.2, 0.25) is 0 Å². The van der Waals surface area contributed by atoms with Crippen LogP contribution in [0.3, 0.4) is 0 Å². The molecule has 1 rings (SSSR count). The van der Waals surface area contributed by atoms with Gasteiger partial charge in [-0.2, -0.15) is 0 Å². The van der Waals surface area contributed by atoms with Crippen LogP contribution in [0.4, 0.5) is 0 Å². The van der Waals surface area contributed by atoms with Crippen molar-refractivity contribution in [3.8, 4) is 0 Å². The molecule has 4 heteroatoms. The zero-order valence-electron chi connectivity index (χ0n) is 5.11. The number of hydrogen-bond donors (Lipinski definition) is 1. The third-order valence-corrected chi connectivity index (χ3v) is 2.09. The zero-order chi connectivity index (χ0) is 7.56. The Kier molecular flexibility index (Phi) is 2.11. The number of thioether (sulfide) groups is 1. The average Bonchev–Trinajstić information content (AvgIpc) is 1.88. The number of carboxylic acid groups (broad SMARTS) is 1. The Labute approximate surface area is 62.1 Å². The summed E-state index contributed by atoms with van der Waals surface area (Å²) in [4.78, 5) is 21.1. The SMILES string of the molecule is O=C(O)C1CSC=CC1=O. The summed E-state index contributed by atoms with van der Waals surface area (Å²) in [5.74, 6) is -1.78. The van der Waals surface area contributed by atoms with E-state index in [0.717, 1.165) is 0 Å². The van der Waals surface area contributed by atoms with Crippen molar-refractivity contribution in [3.63, 3.8) is 0 Å². The first-order valence-corrected chi connectivity index (χ1v) is 3.81. The van der Waals surface area contributed by atoms with Crippen molar-refractivity contribution in [2.24, 2.45) is 5.92 Å². The third-order valence-electron chi connectivity index (χ3n) is 1.23. The summed E-state index contributed by atoms with van der Waals surface area (Å²) >= 11 is 1.35. The van der Waals surface area contributed by atoms with E-state index in [1.54, 1.807) is 5.41 Å². The summed E-state index contributed by atoms with van der Waals surface area (Å²) in [5.41, 5.74) is 0. The Morgan fingerprint density at radius 2 is 2.50 bits per heavy atom. The number of carboxylic acids is 1. The maximum atomic E-state index is 10.8. The maximum absolute atomic E-state index is 10.8. The molecule has 0 aromatic carbocycles. The molecular weight excluding hydrogens is 152 g/mol. The van der Waals surface area contributed by atoms with Gasteiger partial charge in [-0.1, -0.05) is 0 Å². The molecule has 3 nitrogen and oxygen atoms in total. The second-order valence-corrected chi connectivity index (χ2v) is 2.87. The van der Waals surface area contributed by atoms with Crippen LogP contribution in [0.15, 0.2) is 11.5 Å². The molecule has 0 saturated carbocycles. The number of allylic oxidation sites excluding steroid dienone is 1. The minimum Gasteiger partial charge on any atom is -0.481 e. The highest BCUT2D eigenvalue weighted by atomic mass is 32.2. The summed E-state index contributed by atoms with van der Waals surface area (Å²) in [6.45, 7) is 0. The Balaban J connectivity index is 2.70. The van der Waals surface area contributed by atoms with Gasteiger partial charge in [-0.05, 0) is 11.5 Å². The number of rotatable bonds is 1. The van der Waals surface area contributed by atoms with E-state index in [1.807, 2.05) is 0 Å². The molecular formula is C6H6O3S. The summed E-state index contributed by atoms with van der Waals surface area (Å²) in [7, 11) is 0. The lowest BCUT2D eigenvalue weighted by atomic mass is 10.1. The normalized spacial score (nSPS) is 24.8. The molecule has 0 radical (unpaired) electrons. The van der Waals surface area contributed by atoms with Crippen molar-refractivity contribution >= 4 is 23.5 Å². The topological polar surface area (TPSA) is 54.4 Å². The molecule has 1 aliphatic rings. The van der Waals surface area contributed by atoms with Crippen LogP contribution in [0.1, 0.15) is 0 Å². The summed E-state index contributed by atoms with van der Waals surface area (Å²) < 4.78 is 0. The first-order chi connectivity index (χ1) is 4.72. The van der Waals surface area contributed by atoms with Gasteiger partial charge >= 0.3 is 5.97 Å². The lowest BCUT2D eigenvalue weighted by molar-refractivity contribution is -0.144. The van der Waals surface area contributed by atoms with Gasteiger partial charge in [0, 0.05) is 5.75 Å². The Bertz CT molecular complexity index is 197. The molecule has 1 atom stereocenters. The number of ketones is 1. The molecule has 10 heavy (non-hydrogen) atoms. The van der Waals surface area contributed by atoms with Gasteiger partial charge in [-0.15, -0.1) is 11.8 Å². The van der Waals surface area contributed by atoms with Crippen LogP contribution in [0.5, 0.6) is 0 Å². The minimum absolute atomic E-state index is 0.300. The summed E-state index contributed by atoms with van der Waals surface area (Å²) in [6.07, 6.45) is 1.31. The van der Waals surface area contributed by atoms with E-state index in [0.29, 0.717) is 5.75 Å². The van der Waals surface area contributed by atoms with Gasteiger partial charge in [-0.25, -0.2) is 0 Å². The average molecular weight is 158 g/mol. The van der Waals surface area contributed by atoms with E-state index in [2.05, 4.69) is 0 Å². The largest absolute Gasteiger partial charge is 0.481 e. The van der Waals surface area contributed by atoms with Crippen LogP contribution in [0.25, 0.3) is 0 Å². The molecule has 54 valence electrons. The number of carbonyl (C=O) groups is 2. The van der Waals surface area contributed by atoms with Gasteiger partial charge in [-0.3, -0.25) is 9.59 Å². The minimum atomic E-state index is -1.03. The van der Waals surface area contributed by atoms with E-state index in [-0.39, 0.29) is 5.78 Å².